The van der Waals surface area contributed by atoms with E-state index in [4.69, 9.17) is 0 Å². The largest absolute Gasteiger partial charge is 0.347 e. The van der Waals surface area contributed by atoms with Crippen molar-refractivity contribution in [3.05, 3.63) is 34.5 Å². The van der Waals surface area contributed by atoms with Crippen molar-refractivity contribution < 1.29 is 9.59 Å². The molecule has 0 saturated carbocycles. The van der Waals surface area contributed by atoms with Gasteiger partial charge in [-0.25, -0.2) is 0 Å². The maximum absolute atomic E-state index is 12.4. The van der Waals surface area contributed by atoms with E-state index in [1.165, 1.54) is 11.3 Å². The molecule has 0 saturated heterocycles. The number of aromatic nitrogens is 3. The highest BCUT2D eigenvalue weighted by molar-refractivity contribution is 7.12. The average Bonchev–Trinajstić information content (AvgIpc) is 3.16. The van der Waals surface area contributed by atoms with E-state index in [-0.39, 0.29) is 18.4 Å². The van der Waals surface area contributed by atoms with E-state index in [1.54, 1.807) is 32.3 Å². The Hall–Kier alpha value is -2.22. The van der Waals surface area contributed by atoms with Gasteiger partial charge >= 0.3 is 0 Å². The third-order valence-electron chi connectivity index (χ3n) is 3.31. The molecular weight excluding hydrogens is 314 g/mol. The molecule has 0 spiro atoms. The number of carbonyl (C=O) groups is 2. The smallest absolute Gasteiger partial charge is 0.262 e. The van der Waals surface area contributed by atoms with Gasteiger partial charge in [-0.3, -0.25) is 9.59 Å². The van der Waals surface area contributed by atoms with Gasteiger partial charge in [-0.05, 0) is 31.7 Å². The lowest BCUT2D eigenvalue weighted by atomic mass is 10.0. The lowest BCUT2D eigenvalue weighted by Crippen LogP contribution is -2.54. The predicted molar refractivity (Wildman–Crippen MR) is 88.0 cm³/mol. The quantitative estimate of drug-likeness (QED) is 0.804. The molecule has 0 bridgehead atoms. The molecule has 2 aromatic rings. The van der Waals surface area contributed by atoms with Gasteiger partial charge in [0.15, 0.2) is 5.82 Å². The monoisotopic (exact) mass is 335 g/mol. The Balaban J connectivity index is 1.93. The van der Waals surface area contributed by atoms with Crippen LogP contribution in [0.3, 0.4) is 0 Å². The van der Waals surface area contributed by atoms with Crippen molar-refractivity contribution in [2.24, 2.45) is 0 Å². The van der Waals surface area contributed by atoms with Crippen molar-refractivity contribution in [2.75, 3.05) is 0 Å². The summed E-state index contributed by atoms with van der Waals surface area (Å²) < 4.78 is 1.90. The SMILES string of the molecule is CCCn1cnnc1CNC(=O)C(C)(C)NC(=O)c1cccs1. The zero-order chi connectivity index (χ0) is 16.9. The average molecular weight is 335 g/mol. The van der Waals surface area contributed by atoms with E-state index in [9.17, 15) is 9.59 Å². The summed E-state index contributed by atoms with van der Waals surface area (Å²) in [6.45, 7) is 6.48. The van der Waals surface area contributed by atoms with Crippen LogP contribution in [0.1, 0.15) is 42.7 Å². The van der Waals surface area contributed by atoms with Gasteiger partial charge in [-0.1, -0.05) is 13.0 Å². The second kappa shape index (κ2) is 7.36. The summed E-state index contributed by atoms with van der Waals surface area (Å²) in [7, 11) is 0. The Labute approximate surface area is 139 Å². The van der Waals surface area contributed by atoms with Crippen molar-refractivity contribution in [3.63, 3.8) is 0 Å². The number of aryl methyl sites for hydroxylation is 1. The molecule has 0 unspecified atom stereocenters. The molecule has 0 radical (unpaired) electrons. The highest BCUT2D eigenvalue weighted by atomic mass is 32.1. The number of amides is 2. The molecule has 8 heteroatoms. The molecule has 2 aromatic heterocycles. The number of hydrogen-bond donors (Lipinski definition) is 2. The van der Waals surface area contributed by atoms with Gasteiger partial charge in [0.05, 0.1) is 11.4 Å². The van der Waals surface area contributed by atoms with E-state index >= 15 is 0 Å². The lowest BCUT2D eigenvalue weighted by molar-refractivity contribution is -0.126. The van der Waals surface area contributed by atoms with Crippen molar-refractivity contribution in [1.82, 2.24) is 25.4 Å². The minimum absolute atomic E-state index is 0.255. The van der Waals surface area contributed by atoms with E-state index in [2.05, 4.69) is 27.8 Å². The predicted octanol–water partition coefficient (Wildman–Crippen LogP) is 1.57. The van der Waals surface area contributed by atoms with Crippen molar-refractivity contribution in [1.29, 1.82) is 0 Å². The number of hydrogen-bond acceptors (Lipinski definition) is 5. The number of thiophene rings is 1. The Morgan fingerprint density at radius 3 is 2.83 bits per heavy atom. The van der Waals surface area contributed by atoms with Gasteiger partial charge in [0.1, 0.15) is 11.9 Å². The van der Waals surface area contributed by atoms with Crippen molar-refractivity contribution in [3.8, 4) is 0 Å². The maximum Gasteiger partial charge on any atom is 0.262 e. The maximum atomic E-state index is 12.4. The summed E-state index contributed by atoms with van der Waals surface area (Å²) in [5, 5.41) is 15.2. The molecule has 0 atom stereocenters. The van der Waals surface area contributed by atoms with E-state index in [1.807, 2.05) is 9.95 Å². The number of rotatable bonds is 7. The van der Waals surface area contributed by atoms with Crippen LogP contribution in [-0.4, -0.2) is 32.1 Å². The van der Waals surface area contributed by atoms with Crippen LogP contribution in [0, 0.1) is 0 Å². The molecule has 2 N–H and O–H groups in total. The third kappa shape index (κ3) is 4.38. The fourth-order valence-electron chi connectivity index (χ4n) is 2.03. The van der Waals surface area contributed by atoms with Crippen molar-refractivity contribution in [2.45, 2.75) is 45.8 Å². The van der Waals surface area contributed by atoms with Gasteiger partial charge in [0.25, 0.3) is 5.91 Å². The summed E-state index contributed by atoms with van der Waals surface area (Å²) in [5.41, 5.74) is -1.02. The van der Waals surface area contributed by atoms with Crippen LogP contribution in [0.5, 0.6) is 0 Å². The zero-order valence-electron chi connectivity index (χ0n) is 13.5. The normalized spacial score (nSPS) is 11.3. The summed E-state index contributed by atoms with van der Waals surface area (Å²) in [4.78, 5) is 25.0. The fraction of sp³-hybridized carbons (Fsp3) is 0.467. The fourth-order valence-corrected chi connectivity index (χ4v) is 2.65. The van der Waals surface area contributed by atoms with Crippen molar-refractivity contribution >= 4 is 23.2 Å². The van der Waals surface area contributed by atoms with Gasteiger partial charge in [-0.15, -0.1) is 21.5 Å². The first-order chi connectivity index (χ1) is 10.9. The molecule has 23 heavy (non-hydrogen) atoms. The second-order valence-corrected chi connectivity index (χ2v) is 6.63. The molecule has 2 heterocycles. The van der Waals surface area contributed by atoms with Crippen LogP contribution in [0.2, 0.25) is 0 Å². The summed E-state index contributed by atoms with van der Waals surface area (Å²) >= 11 is 1.34. The molecule has 0 aliphatic rings. The first-order valence-corrected chi connectivity index (χ1v) is 8.33. The minimum Gasteiger partial charge on any atom is -0.347 e. The summed E-state index contributed by atoms with van der Waals surface area (Å²) in [6.07, 6.45) is 2.61. The van der Waals surface area contributed by atoms with E-state index in [0.29, 0.717) is 10.7 Å². The molecule has 2 rings (SSSR count). The zero-order valence-corrected chi connectivity index (χ0v) is 14.3. The first kappa shape index (κ1) is 17.1. The standard InChI is InChI=1S/C15H21N5O2S/c1-4-7-20-10-17-19-12(20)9-16-14(22)15(2,3)18-13(21)11-6-5-8-23-11/h5-6,8,10H,4,7,9H2,1-3H3,(H,16,22)(H,18,21). The highest BCUT2D eigenvalue weighted by Gasteiger charge is 2.30. The van der Waals surface area contributed by atoms with Gasteiger partial charge in [0.2, 0.25) is 5.91 Å². The van der Waals surface area contributed by atoms with Gasteiger partial charge < -0.3 is 15.2 Å². The molecular formula is C15H21N5O2S. The van der Waals surface area contributed by atoms with Crippen LogP contribution in [0.25, 0.3) is 0 Å². The summed E-state index contributed by atoms with van der Waals surface area (Å²) in [6, 6.07) is 3.52. The Morgan fingerprint density at radius 1 is 1.39 bits per heavy atom. The molecule has 124 valence electrons. The Kier molecular flexibility index (Phi) is 5.49. The van der Waals surface area contributed by atoms with Gasteiger partial charge in [0, 0.05) is 6.54 Å². The van der Waals surface area contributed by atoms with Crippen LogP contribution in [0.15, 0.2) is 23.8 Å². The minimum atomic E-state index is -1.02. The third-order valence-corrected chi connectivity index (χ3v) is 4.17. The molecule has 0 aliphatic heterocycles. The molecule has 0 aliphatic carbocycles. The molecule has 7 nitrogen and oxygen atoms in total. The molecule has 0 fully saturated rings. The topological polar surface area (TPSA) is 88.9 Å². The van der Waals surface area contributed by atoms with Crippen LogP contribution in [-0.2, 0) is 17.9 Å². The second-order valence-electron chi connectivity index (χ2n) is 5.68. The first-order valence-electron chi connectivity index (χ1n) is 7.45. The highest BCUT2D eigenvalue weighted by Crippen LogP contribution is 2.11. The number of nitrogens with one attached hydrogen (secondary N) is 2. The lowest BCUT2D eigenvalue weighted by Gasteiger charge is -2.24. The molecule has 2 amide bonds. The number of carbonyl (C=O) groups excluding carboxylic acids is 2. The summed E-state index contributed by atoms with van der Waals surface area (Å²) in [5.74, 6) is 0.170. The Bertz CT molecular complexity index is 663. The molecule has 0 aromatic carbocycles. The van der Waals surface area contributed by atoms with E-state index < -0.39 is 5.54 Å². The van der Waals surface area contributed by atoms with E-state index in [0.717, 1.165) is 13.0 Å². The Morgan fingerprint density at radius 2 is 2.17 bits per heavy atom. The van der Waals surface area contributed by atoms with Crippen LogP contribution in [0.4, 0.5) is 0 Å². The number of nitrogens with zero attached hydrogens (tertiary/aromatic N) is 3. The van der Waals surface area contributed by atoms with Gasteiger partial charge in [-0.2, -0.15) is 0 Å². The van der Waals surface area contributed by atoms with Crippen LogP contribution < -0.4 is 10.6 Å². The van der Waals surface area contributed by atoms with Crippen LogP contribution >= 0.6 is 11.3 Å².